The molecule has 1 rings (SSSR count). The Bertz CT molecular complexity index is 181. The van der Waals surface area contributed by atoms with Crippen molar-refractivity contribution in [2.24, 2.45) is 0 Å². The van der Waals surface area contributed by atoms with Crippen LogP contribution in [0, 0.1) is 0 Å². The van der Waals surface area contributed by atoms with Crippen LogP contribution < -0.4 is 0 Å². The van der Waals surface area contributed by atoms with Gasteiger partial charge in [0.2, 0.25) is 0 Å². The van der Waals surface area contributed by atoms with Gasteiger partial charge in [-0.25, -0.2) is 0 Å². The summed E-state index contributed by atoms with van der Waals surface area (Å²) in [6.07, 6.45) is 15.3. The molecule has 0 aromatic heterocycles. The number of hydrogen-bond acceptors (Lipinski definition) is 2. The highest BCUT2D eigenvalue weighted by Crippen LogP contribution is 2.12. The molecule has 106 valence electrons. The van der Waals surface area contributed by atoms with E-state index in [1.807, 2.05) is 0 Å². The van der Waals surface area contributed by atoms with Crippen molar-refractivity contribution in [1.29, 1.82) is 0 Å². The zero-order chi connectivity index (χ0) is 12.9. The smallest absolute Gasteiger partial charge is 0.132 e. The lowest BCUT2D eigenvalue weighted by molar-refractivity contribution is -0.119. The van der Waals surface area contributed by atoms with Crippen LogP contribution >= 0.6 is 0 Å². The lowest BCUT2D eigenvalue weighted by Gasteiger charge is -2.04. The molecule has 0 aromatic carbocycles. The molecule has 1 saturated heterocycles. The molecule has 1 aliphatic rings. The monoisotopic (exact) mass is 254 g/mol. The van der Waals surface area contributed by atoms with Gasteiger partial charge in [-0.3, -0.25) is 4.79 Å². The van der Waals surface area contributed by atoms with Crippen LogP contribution in [0.15, 0.2) is 0 Å². The van der Waals surface area contributed by atoms with Crippen molar-refractivity contribution in [3.05, 3.63) is 0 Å². The minimum atomic E-state index is 0.458. The Morgan fingerprint density at radius 1 is 0.556 bits per heavy atom. The van der Waals surface area contributed by atoms with Gasteiger partial charge < -0.3 is 4.74 Å². The normalized spacial score (nSPS) is 23.4. The third-order valence-corrected chi connectivity index (χ3v) is 3.74. The molecule has 0 radical (unpaired) electrons. The number of carbonyl (C=O) groups excluding carboxylic acids is 1. The van der Waals surface area contributed by atoms with Crippen molar-refractivity contribution in [1.82, 2.24) is 0 Å². The number of ether oxygens (including phenoxy) is 1. The van der Waals surface area contributed by atoms with Gasteiger partial charge in [0.05, 0.1) is 0 Å². The zero-order valence-electron chi connectivity index (χ0n) is 11.9. The van der Waals surface area contributed by atoms with E-state index < -0.39 is 0 Å². The minimum Gasteiger partial charge on any atom is -0.381 e. The molecule has 2 heteroatoms. The summed E-state index contributed by atoms with van der Waals surface area (Å²) in [7, 11) is 0. The number of carbonyl (C=O) groups is 1. The number of hydrogen-bond donors (Lipinski definition) is 0. The molecule has 0 aromatic rings. The molecule has 0 amide bonds. The SMILES string of the molecule is O=C1CCCCCCCCCCCOCCCC1. The van der Waals surface area contributed by atoms with Gasteiger partial charge in [-0.2, -0.15) is 0 Å². The summed E-state index contributed by atoms with van der Waals surface area (Å²) in [5, 5.41) is 0. The van der Waals surface area contributed by atoms with Crippen LogP contribution in [0.3, 0.4) is 0 Å². The van der Waals surface area contributed by atoms with Crippen molar-refractivity contribution in [2.45, 2.75) is 83.5 Å². The summed E-state index contributed by atoms with van der Waals surface area (Å²) >= 11 is 0. The first kappa shape index (κ1) is 15.7. The van der Waals surface area contributed by atoms with Gasteiger partial charge in [-0.15, -0.1) is 0 Å². The van der Waals surface area contributed by atoms with Gasteiger partial charge in [0.25, 0.3) is 0 Å². The summed E-state index contributed by atoms with van der Waals surface area (Å²) in [5.41, 5.74) is 0. The number of rotatable bonds is 0. The molecule has 1 fully saturated rings. The lowest BCUT2D eigenvalue weighted by Crippen LogP contribution is -2.01. The van der Waals surface area contributed by atoms with Gasteiger partial charge in [0, 0.05) is 26.1 Å². The van der Waals surface area contributed by atoms with E-state index in [1.54, 1.807) is 0 Å². The predicted molar refractivity (Wildman–Crippen MR) is 75.8 cm³/mol. The van der Waals surface area contributed by atoms with Crippen molar-refractivity contribution in [2.75, 3.05) is 13.2 Å². The Kier molecular flexibility index (Phi) is 10.2. The Hall–Kier alpha value is -0.370. The number of Topliss-reactive ketones (excluding diaryl/α,β-unsaturated/α-hetero) is 1. The second-order valence-corrected chi connectivity index (χ2v) is 5.54. The van der Waals surface area contributed by atoms with E-state index in [1.165, 1.54) is 51.4 Å². The van der Waals surface area contributed by atoms with E-state index in [0.29, 0.717) is 5.78 Å². The van der Waals surface area contributed by atoms with Crippen molar-refractivity contribution >= 4 is 5.78 Å². The Balaban J connectivity index is 2.11. The predicted octanol–water partition coefficient (Wildman–Crippen LogP) is 4.66. The molecular weight excluding hydrogens is 224 g/mol. The van der Waals surface area contributed by atoms with E-state index in [-0.39, 0.29) is 0 Å². The molecule has 1 aliphatic heterocycles. The second-order valence-electron chi connectivity index (χ2n) is 5.54. The largest absolute Gasteiger partial charge is 0.381 e. The van der Waals surface area contributed by atoms with Crippen LogP contribution in [0.1, 0.15) is 83.5 Å². The number of ketones is 1. The van der Waals surface area contributed by atoms with Gasteiger partial charge in [-0.1, -0.05) is 44.9 Å². The van der Waals surface area contributed by atoms with Crippen LogP contribution in [-0.4, -0.2) is 19.0 Å². The minimum absolute atomic E-state index is 0.458. The molecule has 0 spiro atoms. The molecule has 0 atom stereocenters. The fraction of sp³-hybridized carbons (Fsp3) is 0.938. The molecule has 0 aliphatic carbocycles. The van der Waals surface area contributed by atoms with Crippen LogP contribution in [-0.2, 0) is 9.53 Å². The summed E-state index contributed by atoms with van der Waals surface area (Å²) in [6.45, 7) is 1.75. The Morgan fingerprint density at radius 3 is 1.56 bits per heavy atom. The van der Waals surface area contributed by atoms with Crippen molar-refractivity contribution in [3.63, 3.8) is 0 Å². The van der Waals surface area contributed by atoms with Gasteiger partial charge in [-0.05, 0) is 25.7 Å². The summed E-state index contributed by atoms with van der Waals surface area (Å²) < 4.78 is 5.58. The highest BCUT2D eigenvalue weighted by Gasteiger charge is 2.02. The van der Waals surface area contributed by atoms with Crippen LogP contribution in [0.5, 0.6) is 0 Å². The fourth-order valence-corrected chi connectivity index (χ4v) is 2.52. The quantitative estimate of drug-likeness (QED) is 0.628. The van der Waals surface area contributed by atoms with Gasteiger partial charge in [0.15, 0.2) is 0 Å². The Labute approximate surface area is 112 Å². The maximum Gasteiger partial charge on any atom is 0.132 e. The molecule has 0 bridgehead atoms. The maximum atomic E-state index is 11.6. The van der Waals surface area contributed by atoms with E-state index in [0.717, 1.165) is 45.3 Å². The molecular formula is C16H30O2. The molecule has 2 nitrogen and oxygen atoms in total. The van der Waals surface area contributed by atoms with E-state index >= 15 is 0 Å². The van der Waals surface area contributed by atoms with Crippen molar-refractivity contribution in [3.8, 4) is 0 Å². The highest BCUT2D eigenvalue weighted by molar-refractivity contribution is 5.78. The first-order valence-corrected chi connectivity index (χ1v) is 7.99. The average Bonchev–Trinajstić information content (AvgIpc) is 2.37. The topological polar surface area (TPSA) is 26.3 Å². The molecule has 0 N–H and O–H groups in total. The van der Waals surface area contributed by atoms with Crippen LogP contribution in [0.25, 0.3) is 0 Å². The standard InChI is InChI=1S/C16H30O2/c17-16-12-8-6-4-2-1-3-5-7-10-14-18-15-11-9-13-16/h1-15H2. The van der Waals surface area contributed by atoms with E-state index in [4.69, 9.17) is 4.74 Å². The summed E-state index contributed by atoms with van der Waals surface area (Å²) in [6, 6.07) is 0. The second kappa shape index (κ2) is 11.7. The zero-order valence-corrected chi connectivity index (χ0v) is 11.9. The first-order chi connectivity index (χ1) is 8.89. The first-order valence-electron chi connectivity index (χ1n) is 7.99. The molecule has 0 unspecified atom stereocenters. The third-order valence-electron chi connectivity index (χ3n) is 3.74. The van der Waals surface area contributed by atoms with E-state index in [2.05, 4.69) is 0 Å². The van der Waals surface area contributed by atoms with Gasteiger partial charge in [0.1, 0.15) is 5.78 Å². The maximum absolute atomic E-state index is 11.6. The van der Waals surface area contributed by atoms with Crippen LogP contribution in [0.4, 0.5) is 0 Å². The van der Waals surface area contributed by atoms with E-state index in [9.17, 15) is 4.79 Å². The third kappa shape index (κ3) is 9.64. The highest BCUT2D eigenvalue weighted by atomic mass is 16.5. The Morgan fingerprint density at radius 2 is 0.944 bits per heavy atom. The average molecular weight is 254 g/mol. The summed E-state index contributed by atoms with van der Waals surface area (Å²) in [4.78, 5) is 11.6. The molecule has 0 saturated carbocycles. The van der Waals surface area contributed by atoms with Crippen molar-refractivity contribution < 1.29 is 9.53 Å². The fourth-order valence-electron chi connectivity index (χ4n) is 2.52. The van der Waals surface area contributed by atoms with Gasteiger partial charge >= 0.3 is 0 Å². The molecule has 1 heterocycles. The van der Waals surface area contributed by atoms with Crippen LogP contribution in [0.2, 0.25) is 0 Å². The summed E-state index contributed by atoms with van der Waals surface area (Å²) in [5.74, 6) is 0.458. The molecule has 18 heavy (non-hydrogen) atoms. The lowest BCUT2D eigenvalue weighted by atomic mass is 10.0.